The van der Waals surface area contributed by atoms with E-state index in [1.807, 2.05) is 12.1 Å². The molecular weight excluding hydrogens is 517 g/mol. The van der Waals surface area contributed by atoms with E-state index in [2.05, 4.69) is 21.2 Å². The predicted molar refractivity (Wildman–Crippen MR) is 121 cm³/mol. The number of ether oxygens (including phenoxy) is 1. The Bertz CT molecular complexity index is 994. The minimum absolute atomic E-state index is 0.180. The van der Waals surface area contributed by atoms with Crippen LogP contribution in [0.5, 0.6) is 5.75 Å². The molecule has 1 aliphatic rings. The average molecular weight is 534 g/mol. The topological polar surface area (TPSA) is 82.4 Å². The number of fused-ring (bicyclic) bond motifs is 1. The van der Waals surface area contributed by atoms with Gasteiger partial charge in [0.1, 0.15) is 5.75 Å². The van der Waals surface area contributed by atoms with Crippen LogP contribution in [0.25, 0.3) is 0 Å². The molecule has 1 heterocycles. The third kappa shape index (κ3) is 5.01. The van der Waals surface area contributed by atoms with E-state index < -0.39 is 15.7 Å². The monoisotopic (exact) mass is 531 g/mol. The van der Waals surface area contributed by atoms with Gasteiger partial charge in [0.15, 0.2) is 9.83 Å². The van der Waals surface area contributed by atoms with Crippen molar-refractivity contribution in [2.45, 2.75) is 16.3 Å². The molecule has 0 unspecified atom stereocenters. The maximum atomic E-state index is 13.0. The minimum atomic E-state index is -1.44. The fourth-order valence-corrected chi connectivity index (χ4v) is 3.56. The van der Waals surface area contributed by atoms with Crippen LogP contribution in [0.3, 0.4) is 0 Å². The van der Waals surface area contributed by atoms with Gasteiger partial charge in [-0.05, 0) is 30.3 Å². The second-order valence-corrected chi connectivity index (χ2v) is 9.06. The molecule has 2 amide bonds. The zero-order valence-electron chi connectivity index (χ0n) is 16.0. The Morgan fingerprint density at radius 2 is 1.93 bits per heavy atom. The second-order valence-electron chi connectivity index (χ2n) is 6.17. The number of hydrogen-bond acceptors (Lipinski definition) is 4. The lowest BCUT2D eigenvalue weighted by Gasteiger charge is -2.27. The van der Waals surface area contributed by atoms with Crippen molar-refractivity contribution in [3.63, 3.8) is 0 Å². The summed E-state index contributed by atoms with van der Waals surface area (Å²) in [4.78, 5) is 27.4. The Morgan fingerprint density at radius 1 is 1.30 bits per heavy atom. The summed E-state index contributed by atoms with van der Waals surface area (Å²) in [5.74, 6) is -0.437. The molecule has 0 radical (unpaired) electrons. The Morgan fingerprint density at radius 3 is 2.53 bits per heavy atom. The highest BCUT2D eigenvalue weighted by molar-refractivity contribution is 9.10. The summed E-state index contributed by atoms with van der Waals surface area (Å²) in [6.07, 6.45) is -0.180. The molecule has 6 nitrogen and oxygen atoms in total. The number of likely N-dealkylation sites (N-methyl/N-ethyl adjacent to an activating group) is 1. The molecule has 158 valence electrons. The van der Waals surface area contributed by atoms with Gasteiger partial charge in [-0.3, -0.25) is 9.59 Å². The van der Waals surface area contributed by atoms with Gasteiger partial charge in [-0.1, -0.05) is 62.9 Å². The van der Waals surface area contributed by atoms with Gasteiger partial charge >= 0.3 is 0 Å². The maximum absolute atomic E-state index is 13.0. The van der Waals surface area contributed by atoms with Crippen molar-refractivity contribution in [1.29, 1.82) is 5.26 Å². The van der Waals surface area contributed by atoms with E-state index in [9.17, 15) is 14.9 Å². The zero-order valence-corrected chi connectivity index (χ0v) is 19.8. The van der Waals surface area contributed by atoms with Crippen LogP contribution < -0.4 is 15.0 Å². The first-order valence-corrected chi connectivity index (χ1v) is 10.6. The number of carbonyl (C=O) groups is 2. The van der Waals surface area contributed by atoms with Gasteiger partial charge in [-0.25, -0.2) is 0 Å². The molecule has 1 atom stereocenters. The van der Waals surface area contributed by atoms with E-state index in [0.29, 0.717) is 22.6 Å². The van der Waals surface area contributed by atoms with Crippen LogP contribution in [0.4, 0.5) is 5.69 Å². The molecule has 0 aromatic heterocycles. The van der Waals surface area contributed by atoms with E-state index in [1.54, 1.807) is 43.4 Å². The predicted octanol–water partition coefficient (Wildman–Crippen LogP) is 4.96. The molecule has 0 saturated carbocycles. The smallest absolute Gasteiger partial charge is 0.258 e. The van der Waals surface area contributed by atoms with Crippen molar-refractivity contribution in [2.75, 3.05) is 19.1 Å². The molecule has 1 N–H and O–H groups in total. The highest BCUT2D eigenvalue weighted by Crippen LogP contribution is 2.43. The maximum Gasteiger partial charge on any atom is 0.258 e. The normalized spacial score (nSPS) is 17.0. The number of rotatable bonds is 4. The highest BCUT2D eigenvalue weighted by atomic mass is 79.9. The summed E-state index contributed by atoms with van der Waals surface area (Å²) in [6.45, 7) is 0. The van der Waals surface area contributed by atoms with Gasteiger partial charge in [0.2, 0.25) is 0 Å². The van der Waals surface area contributed by atoms with E-state index >= 15 is 0 Å². The summed E-state index contributed by atoms with van der Waals surface area (Å²) < 4.78 is 5.24. The molecular formula is C20H17BrCl3N3O3. The quantitative estimate of drug-likeness (QED) is 0.564. The molecule has 0 bridgehead atoms. The van der Waals surface area contributed by atoms with Gasteiger partial charge in [-0.2, -0.15) is 5.26 Å². The molecule has 0 saturated heterocycles. The Hall–Kier alpha value is -1.98. The number of nitrogens with one attached hydrogen (secondary N) is 1. The number of nitrogens with zero attached hydrogens (tertiary/aromatic N) is 2. The Balaban J connectivity index is 0.000000735. The van der Waals surface area contributed by atoms with Crippen LogP contribution in [0.1, 0.15) is 22.3 Å². The lowest BCUT2D eigenvalue weighted by atomic mass is 9.88. The van der Waals surface area contributed by atoms with Crippen molar-refractivity contribution in [3.8, 4) is 11.8 Å². The average Bonchev–Trinajstić information content (AvgIpc) is 2.89. The lowest BCUT2D eigenvalue weighted by molar-refractivity contribution is -0.123. The van der Waals surface area contributed by atoms with E-state index in [1.165, 1.54) is 12.0 Å². The molecule has 2 aromatic carbocycles. The van der Waals surface area contributed by atoms with Crippen LogP contribution in [-0.2, 0) is 10.3 Å². The van der Waals surface area contributed by atoms with Gasteiger partial charge in [0.05, 0.1) is 25.2 Å². The number of anilines is 1. The first-order valence-electron chi connectivity index (χ1n) is 8.50. The van der Waals surface area contributed by atoms with E-state index in [-0.39, 0.29) is 12.3 Å². The van der Waals surface area contributed by atoms with Gasteiger partial charge in [-0.15, -0.1) is 0 Å². The number of benzene rings is 2. The van der Waals surface area contributed by atoms with Crippen LogP contribution in [0.15, 0.2) is 46.9 Å². The number of hydrogen-bond donors (Lipinski definition) is 1. The van der Waals surface area contributed by atoms with Gasteiger partial charge in [0, 0.05) is 22.8 Å². The summed E-state index contributed by atoms with van der Waals surface area (Å²) >= 11 is 17.8. The molecule has 0 spiro atoms. The van der Waals surface area contributed by atoms with Gasteiger partial charge < -0.3 is 15.0 Å². The van der Waals surface area contributed by atoms with Crippen LogP contribution in [0.2, 0.25) is 0 Å². The Labute approximate surface area is 197 Å². The molecule has 0 aliphatic carbocycles. The number of alkyl halides is 3. The largest absolute Gasteiger partial charge is 0.496 e. The third-order valence-electron chi connectivity index (χ3n) is 4.47. The SMILES string of the molecule is COc1ccccc1C(=O)N[C@@]1(CC#N)C(=O)N(C)c2ccc(Br)cc21.ClC(Cl)Cl. The summed E-state index contributed by atoms with van der Waals surface area (Å²) in [6, 6.07) is 14.1. The van der Waals surface area contributed by atoms with Crippen LogP contribution in [-0.4, -0.2) is 30.3 Å². The highest BCUT2D eigenvalue weighted by Gasteiger charge is 2.51. The summed E-state index contributed by atoms with van der Waals surface area (Å²) in [7, 11) is 3.10. The van der Waals surface area contributed by atoms with Crippen LogP contribution in [0, 0.1) is 11.3 Å². The number of nitriles is 1. The molecule has 2 aromatic rings. The first-order chi connectivity index (χ1) is 14.2. The molecule has 30 heavy (non-hydrogen) atoms. The van der Waals surface area contributed by atoms with Crippen molar-refractivity contribution >= 4 is 68.2 Å². The lowest BCUT2D eigenvalue weighted by Crippen LogP contribution is -2.52. The number of para-hydroxylation sites is 1. The number of carbonyl (C=O) groups excluding carboxylic acids is 2. The van der Waals surface area contributed by atoms with Crippen LogP contribution >= 0.6 is 50.7 Å². The number of halogens is 4. The molecule has 3 rings (SSSR count). The molecule has 10 heteroatoms. The minimum Gasteiger partial charge on any atom is -0.496 e. The van der Waals surface area contributed by atoms with Gasteiger partial charge in [0.25, 0.3) is 11.8 Å². The fourth-order valence-electron chi connectivity index (χ4n) is 3.20. The fraction of sp³-hybridized carbons (Fsp3) is 0.250. The standard InChI is InChI=1S/C19H16BrN3O3.CHCl3/c1-23-15-8-7-12(20)11-14(15)19(9-10-21,18(23)25)22-17(24)13-5-3-4-6-16(13)26-2;2-1(3)4/h3-8,11H,9H2,1-2H3,(H,22,24);1H/t19-;/m1./s1. The van der Waals surface area contributed by atoms with Crippen molar-refractivity contribution in [2.24, 2.45) is 0 Å². The summed E-state index contributed by atoms with van der Waals surface area (Å²) in [5, 5.41) is 12.2. The van der Waals surface area contributed by atoms with E-state index in [0.717, 1.165) is 4.47 Å². The Kier molecular flexibility index (Phi) is 8.39. The van der Waals surface area contributed by atoms with Crippen molar-refractivity contribution in [3.05, 3.63) is 58.1 Å². The molecule has 1 aliphatic heterocycles. The first kappa shape index (κ1) is 24.3. The van der Waals surface area contributed by atoms with Crippen molar-refractivity contribution < 1.29 is 14.3 Å². The number of methoxy groups -OCH3 is 1. The van der Waals surface area contributed by atoms with E-state index in [4.69, 9.17) is 39.5 Å². The second kappa shape index (κ2) is 10.4. The third-order valence-corrected chi connectivity index (χ3v) is 4.97. The summed E-state index contributed by atoms with van der Waals surface area (Å²) in [5.41, 5.74) is 0.102. The van der Waals surface area contributed by atoms with Crippen molar-refractivity contribution in [1.82, 2.24) is 5.32 Å². The number of amides is 2. The zero-order chi connectivity index (χ0) is 22.5. The molecule has 0 fully saturated rings.